The van der Waals surface area contributed by atoms with Gasteiger partial charge in [-0.25, -0.2) is 9.37 Å². The molecular formula is C24H22FN3O2S. The Kier molecular flexibility index (Phi) is 6.23. The molecule has 7 heteroatoms. The number of halogens is 1. The number of furan rings is 1. The molecular weight excluding hydrogens is 413 g/mol. The Morgan fingerprint density at radius 3 is 2.71 bits per heavy atom. The van der Waals surface area contributed by atoms with Crippen molar-refractivity contribution < 1.29 is 13.6 Å². The highest BCUT2D eigenvalue weighted by Crippen LogP contribution is 2.28. The number of nitrogens with one attached hydrogen (secondary N) is 1. The van der Waals surface area contributed by atoms with Gasteiger partial charge in [0.05, 0.1) is 30.5 Å². The van der Waals surface area contributed by atoms with E-state index < -0.39 is 0 Å². The van der Waals surface area contributed by atoms with Crippen LogP contribution in [0.3, 0.4) is 0 Å². The summed E-state index contributed by atoms with van der Waals surface area (Å²) in [4.78, 5) is 17.1. The van der Waals surface area contributed by atoms with Crippen LogP contribution in [-0.2, 0) is 11.3 Å². The second-order valence-corrected chi connectivity index (χ2v) is 8.20. The Morgan fingerprint density at radius 1 is 1.16 bits per heavy atom. The molecule has 4 rings (SSSR count). The van der Waals surface area contributed by atoms with E-state index >= 15 is 0 Å². The summed E-state index contributed by atoms with van der Waals surface area (Å²) in [6.07, 6.45) is 3.36. The number of aryl methyl sites for hydroxylation is 2. The molecule has 4 aromatic rings. The van der Waals surface area contributed by atoms with Crippen LogP contribution in [0.15, 0.2) is 76.6 Å². The summed E-state index contributed by atoms with van der Waals surface area (Å²) in [5, 5.41) is 3.66. The first-order chi connectivity index (χ1) is 15.0. The average molecular weight is 436 g/mol. The molecule has 0 bridgehead atoms. The SMILES string of the molecule is Cc1ccc(C)c(NC(=O)CSc2ncc(-c3ccc(F)cc3)n2Cc2ccco2)c1. The molecule has 31 heavy (non-hydrogen) atoms. The molecule has 5 nitrogen and oxygen atoms in total. The third-order valence-electron chi connectivity index (χ3n) is 4.85. The molecule has 2 heterocycles. The molecule has 0 radical (unpaired) electrons. The van der Waals surface area contributed by atoms with Gasteiger partial charge in [0.1, 0.15) is 11.6 Å². The van der Waals surface area contributed by atoms with Crippen LogP contribution in [0.2, 0.25) is 0 Å². The number of hydrogen-bond donors (Lipinski definition) is 1. The summed E-state index contributed by atoms with van der Waals surface area (Å²) in [5.74, 6) is 0.585. The van der Waals surface area contributed by atoms with Crippen molar-refractivity contribution >= 4 is 23.4 Å². The molecule has 2 aromatic heterocycles. The van der Waals surface area contributed by atoms with Crippen LogP contribution in [0, 0.1) is 19.7 Å². The number of amides is 1. The number of carbonyl (C=O) groups is 1. The van der Waals surface area contributed by atoms with Crippen molar-refractivity contribution in [2.45, 2.75) is 25.5 Å². The zero-order chi connectivity index (χ0) is 21.8. The van der Waals surface area contributed by atoms with Crippen LogP contribution in [-0.4, -0.2) is 21.2 Å². The van der Waals surface area contributed by atoms with Crippen molar-refractivity contribution in [1.82, 2.24) is 9.55 Å². The van der Waals surface area contributed by atoms with Gasteiger partial charge in [-0.1, -0.05) is 23.9 Å². The molecule has 1 amide bonds. The van der Waals surface area contributed by atoms with E-state index in [0.29, 0.717) is 11.7 Å². The number of aromatic nitrogens is 2. The molecule has 0 aliphatic rings. The molecule has 0 fully saturated rings. The van der Waals surface area contributed by atoms with Gasteiger partial charge in [0, 0.05) is 5.69 Å². The van der Waals surface area contributed by atoms with Gasteiger partial charge in [-0.3, -0.25) is 4.79 Å². The zero-order valence-corrected chi connectivity index (χ0v) is 18.1. The molecule has 0 atom stereocenters. The summed E-state index contributed by atoms with van der Waals surface area (Å²) >= 11 is 1.35. The van der Waals surface area contributed by atoms with Gasteiger partial charge < -0.3 is 14.3 Å². The van der Waals surface area contributed by atoms with Crippen LogP contribution < -0.4 is 5.32 Å². The number of nitrogens with zero attached hydrogens (tertiary/aromatic N) is 2. The maximum absolute atomic E-state index is 13.4. The van der Waals surface area contributed by atoms with Gasteiger partial charge in [0.15, 0.2) is 5.16 Å². The van der Waals surface area contributed by atoms with Gasteiger partial charge in [-0.05, 0) is 73.0 Å². The molecule has 0 saturated carbocycles. The second-order valence-electron chi connectivity index (χ2n) is 7.25. The highest BCUT2D eigenvalue weighted by atomic mass is 32.2. The molecule has 0 unspecified atom stereocenters. The lowest BCUT2D eigenvalue weighted by molar-refractivity contribution is -0.113. The normalized spacial score (nSPS) is 10.9. The van der Waals surface area contributed by atoms with Crippen molar-refractivity contribution in [1.29, 1.82) is 0 Å². The van der Waals surface area contributed by atoms with E-state index in [4.69, 9.17) is 4.42 Å². The minimum absolute atomic E-state index is 0.102. The van der Waals surface area contributed by atoms with E-state index in [2.05, 4.69) is 10.3 Å². The van der Waals surface area contributed by atoms with E-state index in [1.54, 1.807) is 24.6 Å². The van der Waals surface area contributed by atoms with E-state index in [1.165, 1.54) is 23.9 Å². The average Bonchev–Trinajstić information content (AvgIpc) is 3.40. The third kappa shape index (κ3) is 5.06. The maximum atomic E-state index is 13.4. The summed E-state index contributed by atoms with van der Waals surface area (Å²) in [7, 11) is 0. The number of imidazole rings is 1. The Balaban J connectivity index is 1.54. The molecule has 0 spiro atoms. The van der Waals surface area contributed by atoms with Crippen molar-refractivity contribution in [3.63, 3.8) is 0 Å². The Morgan fingerprint density at radius 2 is 1.97 bits per heavy atom. The molecule has 0 saturated heterocycles. The lowest BCUT2D eigenvalue weighted by atomic mass is 10.1. The minimum atomic E-state index is -0.293. The molecule has 0 aliphatic heterocycles. The predicted molar refractivity (Wildman–Crippen MR) is 121 cm³/mol. The monoisotopic (exact) mass is 435 g/mol. The summed E-state index contributed by atoms with van der Waals surface area (Å²) in [6, 6.07) is 15.9. The fourth-order valence-electron chi connectivity index (χ4n) is 3.22. The fraction of sp³-hybridized carbons (Fsp3) is 0.167. The lowest BCUT2D eigenvalue weighted by Gasteiger charge is -2.12. The van der Waals surface area contributed by atoms with Crippen molar-refractivity contribution in [2.75, 3.05) is 11.1 Å². The topological polar surface area (TPSA) is 60.1 Å². The van der Waals surface area contributed by atoms with E-state index in [9.17, 15) is 9.18 Å². The second kappa shape index (κ2) is 9.22. The van der Waals surface area contributed by atoms with E-state index in [1.807, 2.05) is 48.7 Å². The predicted octanol–water partition coefficient (Wildman–Crippen LogP) is 5.68. The summed E-state index contributed by atoms with van der Waals surface area (Å²) < 4.78 is 20.8. The summed E-state index contributed by atoms with van der Waals surface area (Å²) in [6.45, 7) is 4.42. The highest BCUT2D eigenvalue weighted by Gasteiger charge is 2.16. The number of thioether (sulfide) groups is 1. The van der Waals surface area contributed by atoms with Gasteiger partial charge in [-0.15, -0.1) is 0 Å². The number of rotatable bonds is 7. The van der Waals surface area contributed by atoms with Crippen molar-refractivity contribution in [3.05, 3.63) is 89.8 Å². The third-order valence-corrected chi connectivity index (χ3v) is 5.84. The Labute approximate surface area is 184 Å². The van der Waals surface area contributed by atoms with E-state index in [0.717, 1.165) is 33.8 Å². The van der Waals surface area contributed by atoms with Crippen LogP contribution in [0.5, 0.6) is 0 Å². The number of carbonyl (C=O) groups excluding carboxylic acids is 1. The molecule has 2 aromatic carbocycles. The Hall–Kier alpha value is -3.32. The van der Waals surface area contributed by atoms with E-state index in [-0.39, 0.29) is 17.5 Å². The van der Waals surface area contributed by atoms with Gasteiger partial charge in [-0.2, -0.15) is 0 Å². The van der Waals surface area contributed by atoms with Crippen molar-refractivity contribution in [3.8, 4) is 11.3 Å². The summed E-state index contributed by atoms with van der Waals surface area (Å²) in [5.41, 5.74) is 4.59. The van der Waals surface area contributed by atoms with Gasteiger partial charge >= 0.3 is 0 Å². The first-order valence-corrected chi connectivity index (χ1v) is 10.8. The van der Waals surface area contributed by atoms with Crippen molar-refractivity contribution in [2.24, 2.45) is 0 Å². The standard InChI is InChI=1S/C24H22FN3O2S/c1-16-5-6-17(2)21(12-16)27-23(29)15-31-24-26-13-22(18-7-9-19(25)10-8-18)28(24)14-20-4-3-11-30-20/h3-13H,14-15H2,1-2H3,(H,27,29). The Bertz CT molecular complexity index is 1180. The van der Waals surface area contributed by atoms with Crippen LogP contribution in [0.1, 0.15) is 16.9 Å². The maximum Gasteiger partial charge on any atom is 0.234 e. The van der Waals surface area contributed by atoms with Crippen LogP contribution in [0.4, 0.5) is 10.1 Å². The lowest BCUT2D eigenvalue weighted by Crippen LogP contribution is -2.15. The highest BCUT2D eigenvalue weighted by molar-refractivity contribution is 7.99. The minimum Gasteiger partial charge on any atom is -0.467 e. The largest absolute Gasteiger partial charge is 0.467 e. The first-order valence-electron chi connectivity index (χ1n) is 9.83. The molecule has 1 N–H and O–H groups in total. The number of anilines is 1. The van der Waals surface area contributed by atoms with Gasteiger partial charge in [0.25, 0.3) is 0 Å². The number of benzene rings is 2. The molecule has 0 aliphatic carbocycles. The quantitative estimate of drug-likeness (QED) is 0.380. The first kappa shape index (κ1) is 20.9. The number of hydrogen-bond acceptors (Lipinski definition) is 4. The molecule has 158 valence electrons. The van der Waals surface area contributed by atoms with Crippen LogP contribution in [0.25, 0.3) is 11.3 Å². The fourth-order valence-corrected chi connectivity index (χ4v) is 4.00. The zero-order valence-electron chi connectivity index (χ0n) is 17.3. The van der Waals surface area contributed by atoms with Gasteiger partial charge in [0.2, 0.25) is 5.91 Å². The smallest absolute Gasteiger partial charge is 0.234 e. The van der Waals surface area contributed by atoms with Crippen LogP contribution >= 0.6 is 11.8 Å².